The third-order valence-corrected chi connectivity index (χ3v) is 1.76. The first-order valence-corrected chi connectivity index (χ1v) is 3.29. The number of carbonyl (C=O) groups excluding carboxylic acids is 2. The minimum absolute atomic E-state index is 0.00810. The molecule has 0 radical (unpaired) electrons. The van der Waals surface area contributed by atoms with Crippen molar-refractivity contribution in [2.24, 2.45) is 5.92 Å². The summed E-state index contributed by atoms with van der Waals surface area (Å²) in [4.78, 5) is 21.4. The average Bonchev–Trinajstić information content (AvgIpc) is 1.83. The molecule has 0 aliphatic heterocycles. The van der Waals surface area contributed by atoms with Crippen LogP contribution >= 0.6 is 0 Å². The van der Waals surface area contributed by atoms with Gasteiger partial charge in [-0.05, 0) is 12.8 Å². The zero-order chi connectivity index (χ0) is 6.85. The van der Waals surface area contributed by atoms with Gasteiger partial charge in [0.2, 0.25) is 5.78 Å². The predicted molar refractivity (Wildman–Crippen MR) is 33.0 cm³/mol. The van der Waals surface area contributed by atoms with Crippen LogP contribution in [0.25, 0.3) is 0 Å². The van der Waals surface area contributed by atoms with E-state index in [0.29, 0.717) is 6.42 Å². The second-order valence-electron chi connectivity index (χ2n) is 2.58. The highest BCUT2D eigenvalue weighted by Gasteiger charge is 2.24. The largest absolute Gasteiger partial charge is 0.291 e. The lowest BCUT2D eigenvalue weighted by Gasteiger charge is -2.13. The van der Waals surface area contributed by atoms with Gasteiger partial charge >= 0.3 is 0 Å². The Hall–Kier alpha value is -0.660. The van der Waals surface area contributed by atoms with Crippen molar-refractivity contribution in [3.63, 3.8) is 0 Å². The molecule has 0 bridgehead atoms. The second-order valence-corrected chi connectivity index (χ2v) is 2.58. The molecule has 50 valence electrons. The lowest BCUT2D eigenvalue weighted by Crippen LogP contribution is -2.25. The lowest BCUT2D eigenvalue weighted by molar-refractivity contribution is -0.140. The molecule has 1 aliphatic carbocycles. The molecular weight excluding hydrogens is 116 g/mol. The van der Waals surface area contributed by atoms with Crippen LogP contribution in [0.5, 0.6) is 0 Å². The van der Waals surface area contributed by atoms with Crippen LogP contribution in [0.2, 0.25) is 0 Å². The maximum Gasteiger partial charge on any atom is 0.201 e. The normalized spacial score (nSPS) is 28.8. The molecule has 0 saturated heterocycles. The maximum atomic E-state index is 10.8. The summed E-state index contributed by atoms with van der Waals surface area (Å²) in [6, 6.07) is 0. The summed E-state index contributed by atoms with van der Waals surface area (Å²) in [6.45, 7) is 1.82. The Labute approximate surface area is 54.2 Å². The van der Waals surface area contributed by atoms with E-state index in [1.165, 1.54) is 0 Å². The molecule has 1 rings (SSSR count). The van der Waals surface area contributed by atoms with Crippen LogP contribution in [0.15, 0.2) is 0 Å². The maximum absolute atomic E-state index is 10.8. The van der Waals surface area contributed by atoms with E-state index in [0.717, 1.165) is 12.8 Å². The standard InChI is InChI=1S/C7H10O2/c1-5-3-2-4-6(8)7(5)9/h5H,2-4H2,1H3/t5-/m0/s1. The van der Waals surface area contributed by atoms with E-state index in [1.54, 1.807) is 0 Å². The Morgan fingerprint density at radius 3 is 2.56 bits per heavy atom. The van der Waals surface area contributed by atoms with Crippen molar-refractivity contribution in [3.8, 4) is 0 Å². The Morgan fingerprint density at radius 1 is 1.44 bits per heavy atom. The number of hydrogen-bond donors (Lipinski definition) is 0. The number of Topliss-reactive ketones (excluding diaryl/α,β-unsaturated/α-hetero) is 2. The van der Waals surface area contributed by atoms with Crippen molar-refractivity contribution >= 4 is 11.6 Å². The van der Waals surface area contributed by atoms with E-state index in [4.69, 9.17) is 0 Å². The number of rotatable bonds is 0. The quantitative estimate of drug-likeness (QED) is 0.453. The minimum Gasteiger partial charge on any atom is -0.291 e. The Morgan fingerprint density at radius 2 is 2.11 bits per heavy atom. The van der Waals surface area contributed by atoms with Gasteiger partial charge < -0.3 is 0 Å². The van der Waals surface area contributed by atoms with Gasteiger partial charge in [-0.1, -0.05) is 6.92 Å². The van der Waals surface area contributed by atoms with Gasteiger partial charge in [-0.2, -0.15) is 0 Å². The van der Waals surface area contributed by atoms with E-state index < -0.39 is 0 Å². The molecule has 0 N–H and O–H groups in total. The van der Waals surface area contributed by atoms with Gasteiger partial charge in [-0.15, -0.1) is 0 Å². The molecule has 1 saturated carbocycles. The topological polar surface area (TPSA) is 34.1 Å². The monoisotopic (exact) mass is 126 g/mol. The van der Waals surface area contributed by atoms with Crippen LogP contribution in [-0.4, -0.2) is 11.6 Å². The molecule has 0 spiro atoms. The molecule has 2 heteroatoms. The molecular formula is C7H10O2. The van der Waals surface area contributed by atoms with Crippen molar-refractivity contribution in [3.05, 3.63) is 0 Å². The smallest absolute Gasteiger partial charge is 0.201 e. The zero-order valence-corrected chi connectivity index (χ0v) is 5.52. The Kier molecular flexibility index (Phi) is 1.65. The van der Waals surface area contributed by atoms with Gasteiger partial charge in [0, 0.05) is 12.3 Å². The highest BCUT2D eigenvalue weighted by atomic mass is 16.2. The summed E-state index contributed by atoms with van der Waals surface area (Å²) >= 11 is 0. The summed E-state index contributed by atoms with van der Waals surface area (Å²) in [7, 11) is 0. The molecule has 1 atom stereocenters. The number of ketones is 2. The molecule has 0 amide bonds. The van der Waals surface area contributed by atoms with Crippen LogP contribution in [-0.2, 0) is 9.59 Å². The zero-order valence-electron chi connectivity index (χ0n) is 5.52. The molecule has 0 aromatic rings. The predicted octanol–water partition coefficient (Wildman–Crippen LogP) is 0.945. The average molecular weight is 126 g/mol. The minimum atomic E-state index is -0.172. The van der Waals surface area contributed by atoms with E-state index >= 15 is 0 Å². The fourth-order valence-electron chi connectivity index (χ4n) is 1.10. The van der Waals surface area contributed by atoms with Crippen molar-refractivity contribution < 1.29 is 9.59 Å². The van der Waals surface area contributed by atoms with Gasteiger partial charge in [-0.25, -0.2) is 0 Å². The van der Waals surface area contributed by atoms with E-state index in [2.05, 4.69) is 0 Å². The lowest BCUT2D eigenvalue weighted by atomic mass is 9.89. The molecule has 9 heavy (non-hydrogen) atoms. The SMILES string of the molecule is C[C@H]1CCCC(=O)C1=O. The molecule has 1 aliphatic rings. The first-order chi connectivity index (χ1) is 4.22. The number of carbonyl (C=O) groups is 2. The van der Waals surface area contributed by atoms with E-state index in [9.17, 15) is 9.59 Å². The van der Waals surface area contributed by atoms with Crippen LogP contribution in [0.4, 0.5) is 0 Å². The molecule has 0 aromatic carbocycles. The van der Waals surface area contributed by atoms with Crippen molar-refractivity contribution in [1.82, 2.24) is 0 Å². The first-order valence-electron chi connectivity index (χ1n) is 3.29. The summed E-state index contributed by atoms with van der Waals surface area (Å²) < 4.78 is 0. The fourth-order valence-corrected chi connectivity index (χ4v) is 1.10. The van der Waals surface area contributed by atoms with Crippen LogP contribution in [0.1, 0.15) is 26.2 Å². The molecule has 0 aromatic heterocycles. The van der Waals surface area contributed by atoms with Crippen molar-refractivity contribution in [2.45, 2.75) is 26.2 Å². The number of hydrogen-bond acceptors (Lipinski definition) is 2. The third-order valence-electron chi connectivity index (χ3n) is 1.76. The van der Waals surface area contributed by atoms with Gasteiger partial charge in [0.25, 0.3) is 0 Å². The third kappa shape index (κ3) is 1.18. The Bertz CT molecular complexity index is 149. The Balaban J connectivity index is 2.62. The molecule has 1 fully saturated rings. The highest BCUT2D eigenvalue weighted by Crippen LogP contribution is 2.16. The van der Waals surface area contributed by atoms with Gasteiger partial charge in [-0.3, -0.25) is 9.59 Å². The molecule has 0 unspecified atom stereocenters. The van der Waals surface area contributed by atoms with Crippen LogP contribution in [0.3, 0.4) is 0 Å². The van der Waals surface area contributed by atoms with Gasteiger partial charge in [0.15, 0.2) is 5.78 Å². The fraction of sp³-hybridized carbons (Fsp3) is 0.714. The second kappa shape index (κ2) is 2.29. The van der Waals surface area contributed by atoms with Crippen molar-refractivity contribution in [2.75, 3.05) is 0 Å². The molecule has 2 nitrogen and oxygen atoms in total. The van der Waals surface area contributed by atoms with Gasteiger partial charge in [0.1, 0.15) is 0 Å². The summed E-state index contributed by atoms with van der Waals surface area (Å²) in [5.41, 5.74) is 0. The van der Waals surface area contributed by atoms with E-state index in [-0.39, 0.29) is 17.5 Å². The summed E-state index contributed by atoms with van der Waals surface area (Å²) in [6.07, 6.45) is 2.26. The van der Waals surface area contributed by atoms with Crippen molar-refractivity contribution in [1.29, 1.82) is 0 Å². The summed E-state index contributed by atoms with van der Waals surface area (Å²) in [5, 5.41) is 0. The van der Waals surface area contributed by atoms with Crippen LogP contribution < -0.4 is 0 Å². The summed E-state index contributed by atoms with van der Waals surface area (Å²) in [5.74, 6) is -0.346. The highest BCUT2D eigenvalue weighted by molar-refractivity contribution is 6.38. The molecule has 0 heterocycles. The first kappa shape index (κ1) is 6.46. The van der Waals surface area contributed by atoms with E-state index in [1.807, 2.05) is 6.92 Å². The van der Waals surface area contributed by atoms with Gasteiger partial charge in [0.05, 0.1) is 0 Å². The van der Waals surface area contributed by atoms with Crippen LogP contribution in [0, 0.1) is 5.92 Å².